The Bertz CT molecular complexity index is 1500. The lowest BCUT2D eigenvalue weighted by Crippen LogP contribution is -2.32. The predicted molar refractivity (Wildman–Crippen MR) is 150 cm³/mol. The van der Waals surface area contributed by atoms with Gasteiger partial charge in [0.05, 0.1) is 15.7 Å². The number of aryl methyl sites for hydroxylation is 1. The van der Waals surface area contributed by atoms with Crippen LogP contribution < -0.4 is 15.0 Å². The summed E-state index contributed by atoms with van der Waals surface area (Å²) in [6.45, 7) is 1.99. The molecule has 0 aromatic heterocycles. The van der Waals surface area contributed by atoms with Crippen molar-refractivity contribution in [3.05, 3.63) is 123 Å². The molecular weight excluding hydrogens is 527 g/mol. The minimum absolute atomic E-state index is 0.165. The van der Waals surface area contributed by atoms with Gasteiger partial charge in [-0.15, -0.1) is 0 Å². The number of benzene rings is 4. The quantitative estimate of drug-likeness (QED) is 0.237. The van der Waals surface area contributed by atoms with E-state index in [4.69, 9.17) is 27.9 Å². The summed E-state index contributed by atoms with van der Waals surface area (Å²) in [7, 11) is 0. The molecule has 1 aliphatic rings. The first-order chi connectivity index (χ1) is 17.9. The van der Waals surface area contributed by atoms with Crippen molar-refractivity contribution in [1.29, 1.82) is 0 Å². The Hall–Kier alpha value is -3.71. The number of nitrogens with zero attached hydrogens (tertiary/aromatic N) is 1. The molecule has 37 heavy (non-hydrogen) atoms. The van der Waals surface area contributed by atoms with E-state index in [-0.39, 0.29) is 10.6 Å². The van der Waals surface area contributed by atoms with Crippen molar-refractivity contribution in [3.63, 3.8) is 0 Å². The van der Waals surface area contributed by atoms with Crippen molar-refractivity contribution in [2.45, 2.75) is 11.8 Å². The van der Waals surface area contributed by atoms with Gasteiger partial charge in [0.1, 0.15) is 22.1 Å². The molecule has 4 aromatic carbocycles. The second kappa shape index (κ2) is 10.7. The molecule has 5 rings (SSSR count). The number of para-hydroxylation sites is 1. The van der Waals surface area contributed by atoms with Gasteiger partial charge in [-0.2, -0.15) is 0 Å². The summed E-state index contributed by atoms with van der Waals surface area (Å²) >= 11 is 13.5. The standard InChI is InChI=1S/C29H20Cl2N2O3S/c1-18-7-14-23(15-8-18)37-27-26(32-19-9-16-24(30)25(31)17-19)28(34)33(29(27)35)20-10-12-22(13-11-20)36-21-5-3-2-4-6-21/h2-17,32H,1H3. The number of thioether (sulfide) groups is 1. The molecule has 1 heterocycles. The number of carbonyl (C=O) groups excluding carboxylic acids is 2. The molecule has 0 unspecified atom stereocenters. The Labute approximate surface area is 228 Å². The van der Waals surface area contributed by atoms with Crippen molar-refractivity contribution in [1.82, 2.24) is 0 Å². The van der Waals surface area contributed by atoms with Crippen LogP contribution in [0.15, 0.2) is 113 Å². The number of ether oxygens (including phenoxy) is 1. The Morgan fingerprint density at radius 2 is 1.43 bits per heavy atom. The van der Waals surface area contributed by atoms with Crippen LogP contribution in [0.2, 0.25) is 10.0 Å². The van der Waals surface area contributed by atoms with E-state index in [0.29, 0.717) is 32.9 Å². The Kier molecular flexibility index (Phi) is 7.24. The fraction of sp³-hybridized carbons (Fsp3) is 0.0345. The molecule has 0 bridgehead atoms. The third-order valence-corrected chi connectivity index (χ3v) is 7.37. The molecule has 4 aromatic rings. The van der Waals surface area contributed by atoms with E-state index in [0.717, 1.165) is 15.4 Å². The van der Waals surface area contributed by atoms with Gasteiger partial charge in [0.25, 0.3) is 11.8 Å². The first-order valence-corrected chi connectivity index (χ1v) is 12.9. The zero-order chi connectivity index (χ0) is 25.9. The van der Waals surface area contributed by atoms with Crippen LogP contribution in [0.4, 0.5) is 11.4 Å². The van der Waals surface area contributed by atoms with E-state index in [1.54, 1.807) is 42.5 Å². The summed E-state index contributed by atoms with van der Waals surface area (Å²) < 4.78 is 5.84. The lowest BCUT2D eigenvalue weighted by molar-refractivity contribution is -0.120. The molecule has 5 nitrogen and oxygen atoms in total. The summed E-state index contributed by atoms with van der Waals surface area (Å²) in [5, 5.41) is 3.82. The van der Waals surface area contributed by atoms with E-state index in [2.05, 4.69) is 5.32 Å². The fourth-order valence-corrected chi connectivity index (χ4v) is 4.90. The van der Waals surface area contributed by atoms with Gasteiger partial charge in [0, 0.05) is 10.6 Å². The summed E-state index contributed by atoms with van der Waals surface area (Å²) in [6, 6.07) is 28.9. The summed E-state index contributed by atoms with van der Waals surface area (Å²) in [5.41, 5.74) is 2.24. The van der Waals surface area contributed by atoms with Crippen LogP contribution in [-0.4, -0.2) is 11.8 Å². The molecule has 8 heteroatoms. The Morgan fingerprint density at radius 3 is 2.11 bits per heavy atom. The highest BCUT2D eigenvalue weighted by Gasteiger charge is 2.40. The second-order valence-corrected chi connectivity index (χ2v) is 10.1. The average molecular weight is 547 g/mol. The van der Waals surface area contributed by atoms with Crippen LogP contribution in [-0.2, 0) is 9.59 Å². The van der Waals surface area contributed by atoms with Crippen molar-refractivity contribution in [2.75, 3.05) is 10.2 Å². The van der Waals surface area contributed by atoms with Crippen molar-refractivity contribution in [2.24, 2.45) is 0 Å². The molecule has 1 N–H and O–H groups in total. The number of nitrogens with one attached hydrogen (secondary N) is 1. The minimum atomic E-state index is -0.470. The first kappa shape index (κ1) is 25.0. The number of rotatable bonds is 7. The van der Waals surface area contributed by atoms with E-state index in [1.807, 2.05) is 61.5 Å². The van der Waals surface area contributed by atoms with Gasteiger partial charge in [-0.1, -0.05) is 70.9 Å². The average Bonchev–Trinajstić information content (AvgIpc) is 3.12. The van der Waals surface area contributed by atoms with E-state index < -0.39 is 11.8 Å². The molecule has 1 aliphatic heterocycles. The molecule has 2 amide bonds. The van der Waals surface area contributed by atoms with Crippen molar-refractivity contribution >= 4 is 58.2 Å². The van der Waals surface area contributed by atoms with Gasteiger partial charge < -0.3 is 10.1 Å². The number of carbonyl (C=O) groups is 2. The van der Waals surface area contributed by atoms with E-state index in [1.165, 1.54) is 11.8 Å². The molecule has 0 atom stereocenters. The third kappa shape index (κ3) is 5.52. The maximum absolute atomic E-state index is 13.6. The summed E-state index contributed by atoms with van der Waals surface area (Å²) in [4.78, 5) is 29.5. The maximum atomic E-state index is 13.6. The number of hydrogen-bond acceptors (Lipinski definition) is 5. The maximum Gasteiger partial charge on any atom is 0.283 e. The SMILES string of the molecule is Cc1ccc(SC2=C(Nc3ccc(Cl)c(Cl)c3)C(=O)N(c3ccc(Oc4ccccc4)cc3)C2=O)cc1. The number of anilines is 2. The van der Waals surface area contributed by atoms with E-state index in [9.17, 15) is 9.59 Å². The molecule has 0 saturated carbocycles. The van der Waals surface area contributed by atoms with Crippen LogP contribution >= 0.6 is 35.0 Å². The first-order valence-electron chi connectivity index (χ1n) is 11.3. The van der Waals surface area contributed by atoms with Gasteiger partial charge in [0.15, 0.2) is 0 Å². The lowest BCUT2D eigenvalue weighted by Gasteiger charge is -2.16. The molecule has 0 saturated heterocycles. The molecule has 0 spiro atoms. The van der Waals surface area contributed by atoms with Crippen molar-refractivity contribution < 1.29 is 14.3 Å². The number of amides is 2. The number of halogens is 2. The highest BCUT2D eigenvalue weighted by molar-refractivity contribution is 8.04. The van der Waals surface area contributed by atoms with Gasteiger partial charge in [0.2, 0.25) is 0 Å². The largest absolute Gasteiger partial charge is 0.457 e. The summed E-state index contributed by atoms with van der Waals surface area (Å²) in [5.74, 6) is 0.387. The van der Waals surface area contributed by atoms with Gasteiger partial charge in [-0.25, -0.2) is 4.90 Å². The number of hydrogen-bond donors (Lipinski definition) is 1. The highest BCUT2D eigenvalue weighted by Crippen LogP contribution is 2.39. The van der Waals surface area contributed by atoms with E-state index >= 15 is 0 Å². The van der Waals surface area contributed by atoms with Crippen LogP contribution in [0.1, 0.15) is 5.56 Å². The van der Waals surface area contributed by atoms with Crippen LogP contribution in [0.5, 0.6) is 11.5 Å². The lowest BCUT2D eigenvalue weighted by atomic mass is 10.2. The minimum Gasteiger partial charge on any atom is -0.457 e. The molecule has 0 fully saturated rings. The van der Waals surface area contributed by atoms with Crippen LogP contribution in [0.25, 0.3) is 0 Å². The highest BCUT2D eigenvalue weighted by atomic mass is 35.5. The smallest absolute Gasteiger partial charge is 0.283 e. The fourth-order valence-electron chi connectivity index (χ4n) is 3.68. The molecule has 0 radical (unpaired) electrons. The second-order valence-electron chi connectivity index (χ2n) is 8.23. The molecule has 184 valence electrons. The van der Waals surface area contributed by atoms with Crippen LogP contribution in [0.3, 0.4) is 0 Å². The molecule has 0 aliphatic carbocycles. The topological polar surface area (TPSA) is 58.6 Å². The van der Waals surface area contributed by atoms with Gasteiger partial charge in [-0.3, -0.25) is 9.59 Å². The van der Waals surface area contributed by atoms with Crippen LogP contribution in [0, 0.1) is 6.92 Å². The normalized spacial score (nSPS) is 13.3. The van der Waals surface area contributed by atoms with Crippen molar-refractivity contribution in [3.8, 4) is 11.5 Å². The monoisotopic (exact) mass is 546 g/mol. The Balaban J connectivity index is 1.45. The summed E-state index contributed by atoms with van der Waals surface area (Å²) in [6.07, 6.45) is 0. The molecular formula is C29H20Cl2N2O3S. The predicted octanol–water partition coefficient (Wildman–Crippen LogP) is 8.08. The zero-order valence-electron chi connectivity index (χ0n) is 19.6. The van der Waals surface area contributed by atoms with Gasteiger partial charge >= 0.3 is 0 Å². The Morgan fingerprint density at radius 1 is 0.757 bits per heavy atom. The zero-order valence-corrected chi connectivity index (χ0v) is 21.9. The number of imide groups is 1. The third-order valence-electron chi connectivity index (χ3n) is 5.55. The van der Waals surface area contributed by atoms with Gasteiger partial charge in [-0.05, 0) is 73.7 Å².